The van der Waals surface area contributed by atoms with Crippen molar-refractivity contribution in [2.75, 3.05) is 45.9 Å². The Kier molecular flexibility index (Phi) is 6.40. The van der Waals surface area contributed by atoms with Gasteiger partial charge in [-0.15, -0.1) is 0 Å². The lowest BCUT2D eigenvalue weighted by atomic mass is 9.87. The van der Waals surface area contributed by atoms with E-state index >= 15 is 0 Å². The molecule has 3 amide bonds. The minimum Gasteiger partial charge on any atom is -0.464 e. The molecule has 9 nitrogen and oxygen atoms in total. The van der Waals surface area contributed by atoms with Gasteiger partial charge in [0.1, 0.15) is 17.0 Å². The molecule has 4 fully saturated rings. The Hall–Kier alpha value is -3.98. The molecule has 0 unspecified atom stereocenters. The van der Waals surface area contributed by atoms with E-state index in [1.54, 1.807) is 6.26 Å². The predicted octanol–water partition coefficient (Wildman–Crippen LogP) is 3.97. The van der Waals surface area contributed by atoms with Crippen molar-refractivity contribution in [3.63, 3.8) is 0 Å². The second-order valence-corrected chi connectivity index (χ2v) is 12.9. The number of fused-ring (bicyclic) bond motifs is 1. The number of benzene rings is 2. The molecule has 2 saturated carbocycles. The minimum atomic E-state index is -0.820. The molecular weight excluding hydrogens is 542 g/mol. The number of amidine groups is 1. The number of carbonyl (C=O) groups excluding carboxylic acids is 3. The van der Waals surface area contributed by atoms with Crippen molar-refractivity contribution < 1.29 is 18.8 Å². The first-order valence-electron chi connectivity index (χ1n) is 15.8. The van der Waals surface area contributed by atoms with E-state index in [0.717, 1.165) is 66.4 Å². The average molecular weight is 580 g/mol. The van der Waals surface area contributed by atoms with E-state index in [1.165, 1.54) is 0 Å². The van der Waals surface area contributed by atoms with Crippen LogP contribution in [-0.2, 0) is 14.4 Å². The standard InChI is InChI=1S/C34H37N5O4/c40-31(25-5-6-25)37-14-12-34(13-15-37)33(42)39(19-17-36-16-18-38(22-36)32(41)26-7-8-26)30(35-34)24-3-1-23(2-4-24)27-9-10-29-28(21-27)11-20-43-29/h1-4,9-11,20-21,25-26H,5-8,12-19,22H2. The summed E-state index contributed by atoms with van der Waals surface area (Å²) in [4.78, 5) is 52.7. The molecule has 3 aliphatic heterocycles. The fourth-order valence-corrected chi connectivity index (χ4v) is 6.89. The van der Waals surface area contributed by atoms with Crippen LogP contribution < -0.4 is 0 Å². The van der Waals surface area contributed by atoms with Crippen LogP contribution in [0.2, 0.25) is 0 Å². The number of amides is 3. The van der Waals surface area contributed by atoms with E-state index in [4.69, 9.17) is 9.41 Å². The van der Waals surface area contributed by atoms with E-state index in [1.807, 2.05) is 26.8 Å². The summed E-state index contributed by atoms with van der Waals surface area (Å²) in [6.45, 7) is 4.57. The van der Waals surface area contributed by atoms with Gasteiger partial charge in [-0.2, -0.15) is 0 Å². The molecule has 1 spiro atoms. The largest absolute Gasteiger partial charge is 0.464 e. The van der Waals surface area contributed by atoms with Gasteiger partial charge in [-0.3, -0.25) is 29.2 Å². The number of furan rings is 1. The third-order valence-corrected chi connectivity index (χ3v) is 9.91. The lowest BCUT2D eigenvalue weighted by molar-refractivity contribution is -0.139. The smallest absolute Gasteiger partial charge is 0.256 e. The molecule has 5 aliphatic rings. The Morgan fingerprint density at radius 1 is 0.791 bits per heavy atom. The SMILES string of the molecule is O=C(C1CC1)N1CCC2(CC1)N=C(c1ccc(-c3ccc4occc4c3)cc1)N(CCN1CCN(C(=O)C3CC3)C1)C2=O. The zero-order valence-corrected chi connectivity index (χ0v) is 24.4. The van der Waals surface area contributed by atoms with Crippen LogP contribution in [0.3, 0.4) is 0 Å². The minimum absolute atomic E-state index is 0.0422. The summed E-state index contributed by atoms with van der Waals surface area (Å²) in [7, 11) is 0. The van der Waals surface area contributed by atoms with Gasteiger partial charge in [-0.25, -0.2) is 0 Å². The highest BCUT2D eigenvalue weighted by atomic mass is 16.3. The molecule has 2 aromatic carbocycles. The van der Waals surface area contributed by atoms with Gasteiger partial charge >= 0.3 is 0 Å². The second-order valence-electron chi connectivity index (χ2n) is 12.9. The fraction of sp³-hybridized carbons (Fsp3) is 0.471. The molecule has 3 aromatic rings. The number of nitrogens with zero attached hydrogens (tertiary/aromatic N) is 5. The number of likely N-dealkylation sites (tertiary alicyclic amines) is 1. The lowest BCUT2D eigenvalue weighted by Gasteiger charge is -2.36. The molecule has 0 atom stereocenters. The highest BCUT2D eigenvalue weighted by Crippen LogP contribution is 2.38. The van der Waals surface area contributed by atoms with Crippen LogP contribution in [-0.4, -0.2) is 94.6 Å². The van der Waals surface area contributed by atoms with Gasteiger partial charge in [-0.1, -0.05) is 30.3 Å². The van der Waals surface area contributed by atoms with E-state index in [-0.39, 0.29) is 29.6 Å². The van der Waals surface area contributed by atoms with Crippen molar-refractivity contribution in [2.45, 2.75) is 44.1 Å². The molecule has 2 aliphatic carbocycles. The fourth-order valence-electron chi connectivity index (χ4n) is 6.89. The zero-order valence-electron chi connectivity index (χ0n) is 24.4. The van der Waals surface area contributed by atoms with Gasteiger partial charge in [0, 0.05) is 62.1 Å². The maximum Gasteiger partial charge on any atom is 0.256 e. The van der Waals surface area contributed by atoms with Crippen molar-refractivity contribution >= 4 is 34.5 Å². The predicted molar refractivity (Wildman–Crippen MR) is 162 cm³/mol. The van der Waals surface area contributed by atoms with Crippen LogP contribution in [0.4, 0.5) is 0 Å². The van der Waals surface area contributed by atoms with Crippen molar-refractivity contribution in [1.29, 1.82) is 0 Å². The molecule has 0 bridgehead atoms. The molecule has 222 valence electrons. The Morgan fingerprint density at radius 3 is 2.19 bits per heavy atom. The van der Waals surface area contributed by atoms with Gasteiger partial charge in [0.15, 0.2) is 0 Å². The summed E-state index contributed by atoms with van der Waals surface area (Å²) in [5, 5.41) is 1.06. The summed E-state index contributed by atoms with van der Waals surface area (Å²) in [5.41, 5.74) is 3.15. The molecule has 4 heterocycles. The molecular formula is C34H37N5O4. The lowest BCUT2D eigenvalue weighted by Crippen LogP contribution is -2.52. The van der Waals surface area contributed by atoms with Crippen LogP contribution in [0.15, 0.2) is 64.2 Å². The van der Waals surface area contributed by atoms with Crippen molar-refractivity contribution in [3.05, 3.63) is 60.4 Å². The molecule has 0 radical (unpaired) electrons. The number of rotatable bonds is 7. The summed E-state index contributed by atoms with van der Waals surface area (Å²) in [6.07, 6.45) is 6.82. The van der Waals surface area contributed by atoms with E-state index in [0.29, 0.717) is 51.5 Å². The molecule has 2 saturated heterocycles. The Labute approximate surface area is 251 Å². The Balaban J connectivity index is 1.03. The van der Waals surface area contributed by atoms with Gasteiger partial charge in [0.25, 0.3) is 5.91 Å². The molecule has 8 rings (SSSR count). The Morgan fingerprint density at radius 2 is 1.47 bits per heavy atom. The van der Waals surface area contributed by atoms with E-state index in [2.05, 4.69) is 41.3 Å². The Bertz CT molecular complexity index is 1610. The first kappa shape index (κ1) is 26.6. The van der Waals surface area contributed by atoms with Crippen LogP contribution in [0, 0.1) is 11.8 Å². The van der Waals surface area contributed by atoms with Gasteiger partial charge in [-0.05, 0) is 67.9 Å². The number of hydrogen-bond acceptors (Lipinski definition) is 6. The van der Waals surface area contributed by atoms with E-state index in [9.17, 15) is 14.4 Å². The van der Waals surface area contributed by atoms with Gasteiger partial charge in [0.2, 0.25) is 11.8 Å². The highest BCUT2D eigenvalue weighted by molar-refractivity contribution is 6.15. The van der Waals surface area contributed by atoms with Gasteiger partial charge in [0.05, 0.1) is 12.9 Å². The number of aliphatic imine (C=N–C) groups is 1. The maximum absolute atomic E-state index is 14.2. The number of hydrogen-bond donors (Lipinski definition) is 0. The van der Waals surface area contributed by atoms with Crippen LogP contribution in [0.25, 0.3) is 22.1 Å². The summed E-state index contributed by atoms with van der Waals surface area (Å²) in [6, 6.07) is 16.4. The summed E-state index contributed by atoms with van der Waals surface area (Å²) in [5.74, 6) is 1.68. The van der Waals surface area contributed by atoms with Crippen LogP contribution in [0.5, 0.6) is 0 Å². The van der Waals surface area contributed by atoms with Crippen molar-refractivity contribution in [2.24, 2.45) is 16.8 Å². The summed E-state index contributed by atoms with van der Waals surface area (Å²) >= 11 is 0. The molecule has 1 aromatic heterocycles. The third-order valence-electron chi connectivity index (χ3n) is 9.91. The van der Waals surface area contributed by atoms with Crippen LogP contribution in [0.1, 0.15) is 44.1 Å². The van der Waals surface area contributed by atoms with E-state index < -0.39 is 5.54 Å². The molecule has 43 heavy (non-hydrogen) atoms. The average Bonchev–Trinajstić information content (AvgIpc) is 3.96. The third kappa shape index (κ3) is 4.93. The monoisotopic (exact) mass is 579 g/mol. The first-order valence-corrected chi connectivity index (χ1v) is 15.8. The highest BCUT2D eigenvalue weighted by Gasteiger charge is 2.51. The topological polar surface area (TPSA) is 89.7 Å². The zero-order chi connectivity index (χ0) is 29.1. The number of piperidine rings is 1. The normalized spacial score (nSPS) is 22.2. The first-order chi connectivity index (χ1) is 21.0. The quantitative estimate of drug-likeness (QED) is 0.423. The van der Waals surface area contributed by atoms with Gasteiger partial charge < -0.3 is 14.2 Å². The molecule has 9 heteroatoms. The van der Waals surface area contributed by atoms with Crippen LogP contribution >= 0.6 is 0 Å². The van der Waals surface area contributed by atoms with Crippen molar-refractivity contribution in [1.82, 2.24) is 19.6 Å². The summed E-state index contributed by atoms with van der Waals surface area (Å²) < 4.78 is 5.50. The number of carbonyl (C=O) groups is 3. The maximum atomic E-state index is 14.2. The second kappa shape index (κ2) is 10.3. The molecule has 0 N–H and O–H groups in total. The van der Waals surface area contributed by atoms with Crippen molar-refractivity contribution in [3.8, 4) is 11.1 Å².